The molecule has 16 heavy (non-hydrogen) atoms. The molecule has 1 unspecified atom stereocenters. The zero-order valence-corrected chi connectivity index (χ0v) is 10.7. The quantitative estimate of drug-likeness (QED) is 0.829. The third-order valence-electron chi connectivity index (χ3n) is 3.53. The molecule has 0 saturated heterocycles. The Bertz CT molecular complexity index is 363. The van der Waals surface area contributed by atoms with E-state index in [1.807, 2.05) is 0 Å². The number of aromatic nitrogens is 2. The van der Waals surface area contributed by atoms with Gasteiger partial charge in [0.05, 0.1) is 5.69 Å². The topological polar surface area (TPSA) is 43.8 Å². The number of anilines is 1. The van der Waals surface area contributed by atoms with Crippen LogP contribution in [0.1, 0.15) is 69.8 Å². The van der Waals surface area contributed by atoms with Gasteiger partial charge in [0.2, 0.25) is 0 Å². The number of nitrogens with zero attached hydrogens (tertiary/aromatic N) is 2. The van der Waals surface area contributed by atoms with Crippen molar-refractivity contribution in [1.82, 2.24) is 9.55 Å². The van der Waals surface area contributed by atoms with Crippen molar-refractivity contribution < 1.29 is 0 Å². The minimum absolute atomic E-state index is 0.482. The van der Waals surface area contributed by atoms with E-state index in [2.05, 4.69) is 25.3 Å². The maximum absolute atomic E-state index is 6.23. The van der Waals surface area contributed by atoms with Crippen LogP contribution in [0.3, 0.4) is 0 Å². The van der Waals surface area contributed by atoms with Gasteiger partial charge < -0.3 is 10.3 Å². The summed E-state index contributed by atoms with van der Waals surface area (Å²) in [5.41, 5.74) is 7.36. The zero-order chi connectivity index (χ0) is 11.7. The standard InChI is InChI=1S/C13H23N3/c1-4-8-16-12(14)11(9(3)5-2)15-13(16)10-6-7-10/h9-10H,4-8,14H2,1-3H3. The van der Waals surface area contributed by atoms with Gasteiger partial charge in [0, 0.05) is 18.4 Å². The number of hydrogen-bond acceptors (Lipinski definition) is 2. The Hall–Kier alpha value is -0.990. The van der Waals surface area contributed by atoms with Crippen LogP contribution in [0.2, 0.25) is 0 Å². The highest BCUT2D eigenvalue weighted by molar-refractivity contribution is 5.41. The molecule has 1 aromatic heterocycles. The first-order valence-electron chi connectivity index (χ1n) is 6.54. The molecule has 0 bridgehead atoms. The molecule has 3 heteroatoms. The maximum Gasteiger partial charge on any atom is 0.127 e. The second-order valence-electron chi connectivity index (χ2n) is 4.98. The van der Waals surface area contributed by atoms with Gasteiger partial charge in [0.25, 0.3) is 0 Å². The Labute approximate surface area is 98.1 Å². The lowest BCUT2D eigenvalue weighted by Crippen LogP contribution is -2.07. The van der Waals surface area contributed by atoms with Gasteiger partial charge in [-0.15, -0.1) is 0 Å². The van der Waals surface area contributed by atoms with Crippen LogP contribution < -0.4 is 5.73 Å². The Balaban J connectivity index is 2.36. The zero-order valence-electron chi connectivity index (χ0n) is 10.7. The summed E-state index contributed by atoms with van der Waals surface area (Å²) in [7, 11) is 0. The summed E-state index contributed by atoms with van der Waals surface area (Å²) in [6.07, 6.45) is 4.82. The normalized spacial score (nSPS) is 17.7. The molecule has 0 amide bonds. The van der Waals surface area contributed by atoms with Gasteiger partial charge in [-0.1, -0.05) is 20.8 Å². The lowest BCUT2D eigenvalue weighted by atomic mass is 10.1. The summed E-state index contributed by atoms with van der Waals surface area (Å²) in [6, 6.07) is 0. The first-order chi connectivity index (χ1) is 7.69. The van der Waals surface area contributed by atoms with Crippen LogP contribution in [0.25, 0.3) is 0 Å². The Kier molecular flexibility index (Phi) is 3.22. The Morgan fingerprint density at radius 3 is 2.62 bits per heavy atom. The van der Waals surface area contributed by atoms with Crippen LogP contribution in [0.15, 0.2) is 0 Å². The number of rotatable bonds is 5. The number of nitrogen functional groups attached to an aromatic ring is 1. The summed E-state index contributed by atoms with van der Waals surface area (Å²) in [6.45, 7) is 7.62. The third kappa shape index (κ3) is 1.95. The van der Waals surface area contributed by atoms with Gasteiger partial charge >= 0.3 is 0 Å². The molecule has 90 valence electrons. The molecule has 1 fully saturated rings. The van der Waals surface area contributed by atoms with Crippen LogP contribution in [0, 0.1) is 0 Å². The first kappa shape index (κ1) is 11.5. The van der Waals surface area contributed by atoms with E-state index in [1.54, 1.807) is 0 Å². The van der Waals surface area contributed by atoms with Gasteiger partial charge in [-0.05, 0) is 25.7 Å². The maximum atomic E-state index is 6.23. The van der Waals surface area contributed by atoms with Gasteiger partial charge in [0.15, 0.2) is 0 Å². The van der Waals surface area contributed by atoms with Gasteiger partial charge in [0.1, 0.15) is 11.6 Å². The van der Waals surface area contributed by atoms with E-state index in [0.29, 0.717) is 11.8 Å². The van der Waals surface area contributed by atoms with E-state index in [1.165, 1.54) is 18.7 Å². The van der Waals surface area contributed by atoms with Crippen molar-refractivity contribution in [3.63, 3.8) is 0 Å². The largest absolute Gasteiger partial charge is 0.384 e. The van der Waals surface area contributed by atoms with E-state index >= 15 is 0 Å². The summed E-state index contributed by atoms with van der Waals surface area (Å²) in [4.78, 5) is 4.80. The smallest absolute Gasteiger partial charge is 0.127 e. The number of hydrogen-bond donors (Lipinski definition) is 1. The van der Waals surface area contributed by atoms with E-state index in [9.17, 15) is 0 Å². The van der Waals surface area contributed by atoms with E-state index in [4.69, 9.17) is 10.7 Å². The van der Waals surface area contributed by atoms with E-state index in [0.717, 1.165) is 30.9 Å². The molecule has 1 saturated carbocycles. The van der Waals surface area contributed by atoms with Gasteiger partial charge in [-0.25, -0.2) is 4.98 Å². The predicted molar refractivity (Wildman–Crippen MR) is 67.6 cm³/mol. The van der Waals surface area contributed by atoms with Gasteiger partial charge in [-0.3, -0.25) is 0 Å². The molecule has 0 aromatic carbocycles. The monoisotopic (exact) mass is 221 g/mol. The third-order valence-corrected chi connectivity index (χ3v) is 3.53. The molecule has 0 spiro atoms. The average molecular weight is 221 g/mol. The summed E-state index contributed by atoms with van der Waals surface area (Å²) in [5.74, 6) is 3.33. The van der Waals surface area contributed by atoms with Crippen molar-refractivity contribution in [2.24, 2.45) is 0 Å². The minimum Gasteiger partial charge on any atom is -0.384 e. The second kappa shape index (κ2) is 4.48. The van der Waals surface area contributed by atoms with Crippen LogP contribution in [-0.2, 0) is 6.54 Å². The van der Waals surface area contributed by atoms with E-state index in [-0.39, 0.29) is 0 Å². The second-order valence-corrected chi connectivity index (χ2v) is 4.98. The van der Waals surface area contributed by atoms with Crippen molar-refractivity contribution in [1.29, 1.82) is 0 Å². The molecule has 1 aromatic rings. The van der Waals surface area contributed by atoms with Crippen molar-refractivity contribution in [3.8, 4) is 0 Å². The van der Waals surface area contributed by atoms with Crippen molar-refractivity contribution in [2.75, 3.05) is 5.73 Å². The Morgan fingerprint density at radius 2 is 2.12 bits per heavy atom. The molecule has 1 aliphatic rings. The molecule has 0 aliphatic heterocycles. The van der Waals surface area contributed by atoms with Crippen LogP contribution in [-0.4, -0.2) is 9.55 Å². The first-order valence-corrected chi connectivity index (χ1v) is 6.54. The lowest BCUT2D eigenvalue weighted by Gasteiger charge is -2.09. The van der Waals surface area contributed by atoms with Crippen molar-refractivity contribution >= 4 is 5.82 Å². The summed E-state index contributed by atoms with van der Waals surface area (Å²) < 4.78 is 2.25. The molecule has 1 aliphatic carbocycles. The van der Waals surface area contributed by atoms with Crippen molar-refractivity contribution in [2.45, 2.75) is 64.8 Å². The lowest BCUT2D eigenvalue weighted by molar-refractivity contribution is 0.646. The van der Waals surface area contributed by atoms with Crippen LogP contribution >= 0.6 is 0 Å². The molecule has 0 radical (unpaired) electrons. The van der Waals surface area contributed by atoms with Gasteiger partial charge in [-0.2, -0.15) is 0 Å². The fraction of sp³-hybridized carbons (Fsp3) is 0.769. The number of nitrogens with two attached hydrogens (primary N) is 1. The highest BCUT2D eigenvalue weighted by atomic mass is 15.2. The summed E-state index contributed by atoms with van der Waals surface area (Å²) in [5, 5.41) is 0. The Morgan fingerprint density at radius 1 is 1.44 bits per heavy atom. The molecule has 3 nitrogen and oxygen atoms in total. The molecule has 1 heterocycles. The predicted octanol–water partition coefficient (Wildman–Crippen LogP) is 3.27. The van der Waals surface area contributed by atoms with E-state index < -0.39 is 0 Å². The van der Waals surface area contributed by atoms with Crippen LogP contribution in [0.4, 0.5) is 5.82 Å². The van der Waals surface area contributed by atoms with Crippen molar-refractivity contribution in [3.05, 3.63) is 11.5 Å². The molecule has 2 rings (SSSR count). The highest BCUT2D eigenvalue weighted by Gasteiger charge is 2.31. The summed E-state index contributed by atoms with van der Waals surface area (Å²) >= 11 is 0. The molecular formula is C13H23N3. The fourth-order valence-corrected chi connectivity index (χ4v) is 2.17. The molecule has 2 N–H and O–H groups in total. The molecule has 1 atom stereocenters. The van der Waals surface area contributed by atoms with Crippen LogP contribution in [0.5, 0.6) is 0 Å². The minimum atomic E-state index is 0.482. The highest BCUT2D eigenvalue weighted by Crippen LogP contribution is 2.41. The fourth-order valence-electron chi connectivity index (χ4n) is 2.17. The average Bonchev–Trinajstić information content (AvgIpc) is 3.07. The number of imidazole rings is 1. The molecular weight excluding hydrogens is 198 g/mol. The SMILES string of the molecule is CCCn1c(C2CC2)nc(C(C)CC)c1N.